The molecule has 0 saturated carbocycles. The summed E-state index contributed by atoms with van der Waals surface area (Å²) in [5.41, 5.74) is 0. The van der Waals surface area contributed by atoms with E-state index in [1.807, 2.05) is 22.5 Å². The monoisotopic (exact) mass is 347 g/mol. The van der Waals surface area contributed by atoms with Crippen LogP contribution in [0.1, 0.15) is 12.8 Å². The number of piperidine rings is 1. The molecule has 0 N–H and O–H groups in total. The third kappa shape index (κ3) is 3.37. The highest BCUT2D eigenvalue weighted by atomic mass is 79.9. The number of ether oxygens (including phenoxy) is 2. The lowest BCUT2D eigenvalue weighted by atomic mass is 10.1. The second kappa shape index (κ2) is 6.83. The van der Waals surface area contributed by atoms with Gasteiger partial charge < -0.3 is 9.47 Å². The fraction of sp³-hybridized carbons (Fsp3) is 0.538. The molecular formula is C13H18BrNO3S. The molecule has 6 heteroatoms. The summed E-state index contributed by atoms with van der Waals surface area (Å²) in [7, 11) is 2.18. The smallest absolute Gasteiger partial charge is 0.134 e. The predicted molar refractivity (Wildman–Crippen MR) is 78.7 cm³/mol. The molecule has 0 aromatic heterocycles. The van der Waals surface area contributed by atoms with Gasteiger partial charge in [0.05, 0.1) is 22.6 Å². The SMILES string of the molecule is COc1cccc(S(=O)N2CCC(OC)CC2)c1Br. The van der Waals surface area contributed by atoms with E-state index in [1.165, 1.54) is 0 Å². The van der Waals surface area contributed by atoms with Gasteiger partial charge in [0, 0.05) is 20.2 Å². The van der Waals surface area contributed by atoms with Gasteiger partial charge in [-0.15, -0.1) is 0 Å². The number of hydrogen-bond acceptors (Lipinski definition) is 3. The molecular weight excluding hydrogens is 330 g/mol. The minimum Gasteiger partial charge on any atom is -0.496 e. The Morgan fingerprint density at radius 3 is 2.58 bits per heavy atom. The van der Waals surface area contributed by atoms with Crippen LogP contribution < -0.4 is 4.74 Å². The molecule has 1 heterocycles. The number of benzene rings is 1. The minimum absolute atomic E-state index is 0.294. The van der Waals surface area contributed by atoms with Gasteiger partial charge in [0.25, 0.3) is 0 Å². The number of hydrogen-bond donors (Lipinski definition) is 0. The molecule has 1 unspecified atom stereocenters. The lowest BCUT2D eigenvalue weighted by molar-refractivity contribution is 0.0614. The molecule has 19 heavy (non-hydrogen) atoms. The van der Waals surface area contributed by atoms with Crippen LogP contribution in [0.25, 0.3) is 0 Å². The van der Waals surface area contributed by atoms with E-state index < -0.39 is 11.0 Å². The van der Waals surface area contributed by atoms with Gasteiger partial charge in [-0.25, -0.2) is 8.51 Å². The van der Waals surface area contributed by atoms with Crippen molar-refractivity contribution in [3.05, 3.63) is 22.7 Å². The molecule has 2 rings (SSSR count). The van der Waals surface area contributed by atoms with Crippen molar-refractivity contribution in [1.29, 1.82) is 0 Å². The molecule has 1 fully saturated rings. The highest BCUT2D eigenvalue weighted by Crippen LogP contribution is 2.32. The highest BCUT2D eigenvalue weighted by Gasteiger charge is 2.25. The zero-order chi connectivity index (χ0) is 13.8. The van der Waals surface area contributed by atoms with Crippen LogP contribution in [0, 0.1) is 0 Å². The molecule has 0 spiro atoms. The molecule has 1 aromatic carbocycles. The summed E-state index contributed by atoms with van der Waals surface area (Å²) in [6.45, 7) is 1.57. The van der Waals surface area contributed by atoms with Crippen LogP contribution in [0.4, 0.5) is 0 Å². The Kier molecular flexibility index (Phi) is 5.38. The fourth-order valence-electron chi connectivity index (χ4n) is 2.16. The summed E-state index contributed by atoms with van der Waals surface area (Å²) in [4.78, 5) is 0.759. The normalized spacial score (nSPS) is 19.3. The van der Waals surface area contributed by atoms with Crippen molar-refractivity contribution >= 4 is 26.9 Å². The van der Waals surface area contributed by atoms with Gasteiger partial charge in [-0.1, -0.05) is 6.07 Å². The summed E-state index contributed by atoms with van der Waals surface area (Å²) in [5, 5.41) is 0. The highest BCUT2D eigenvalue weighted by molar-refractivity contribution is 9.10. The van der Waals surface area contributed by atoms with E-state index in [9.17, 15) is 4.21 Å². The first-order chi connectivity index (χ1) is 9.17. The van der Waals surface area contributed by atoms with E-state index in [0.29, 0.717) is 11.9 Å². The lowest BCUT2D eigenvalue weighted by Crippen LogP contribution is -2.37. The molecule has 1 saturated heterocycles. The molecule has 1 atom stereocenters. The van der Waals surface area contributed by atoms with Gasteiger partial charge in [-0.2, -0.15) is 0 Å². The molecule has 0 bridgehead atoms. The van der Waals surface area contributed by atoms with Crippen molar-refractivity contribution in [2.45, 2.75) is 23.8 Å². The largest absolute Gasteiger partial charge is 0.496 e. The van der Waals surface area contributed by atoms with Crippen molar-refractivity contribution in [2.24, 2.45) is 0 Å². The van der Waals surface area contributed by atoms with Crippen molar-refractivity contribution in [3.8, 4) is 5.75 Å². The molecule has 1 aromatic rings. The Labute approximate surface area is 124 Å². The van der Waals surface area contributed by atoms with E-state index in [2.05, 4.69) is 15.9 Å². The van der Waals surface area contributed by atoms with Crippen molar-refractivity contribution in [3.63, 3.8) is 0 Å². The molecule has 106 valence electrons. The first kappa shape index (κ1) is 15.0. The standard InChI is InChI=1S/C13H18BrNO3S/c1-17-10-6-8-15(9-7-10)19(16)12-5-3-4-11(18-2)13(12)14/h3-5,10H,6-9H2,1-2H3. The van der Waals surface area contributed by atoms with Gasteiger partial charge in [-0.3, -0.25) is 0 Å². The molecule has 4 nitrogen and oxygen atoms in total. The number of rotatable bonds is 4. The van der Waals surface area contributed by atoms with Crippen molar-refractivity contribution in [1.82, 2.24) is 4.31 Å². The molecule has 0 aliphatic carbocycles. The molecule has 1 aliphatic rings. The maximum atomic E-state index is 12.6. The van der Waals surface area contributed by atoms with E-state index in [1.54, 1.807) is 14.2 Å². The second-order valence-electron chi connectivity index (χ2n) is 4.39. The average Bonchev–Trinajstić information content (AvgIpc) is 2.47. The van der Waals surface area contributed by atoms with E-state index in [4.69, 9.17) is 9.47 Å². The van der Waals surface area contributed by atoms with Gasteiger partial charge in [0.1, 0.15) is 16.7 Å². The van der Waals surface area contributed by atoms with Crippen LogP contribution in [-0.2, 0) is 15.7 Å². The Morgan fingerprint density at radius 1 is 1.32 bits per heavy atom. The summed E-state index contributed by atoms with van der Waals surface area (Å²) in [6, 6.07) is 5.58. The van der Waals surface area contributed by atoms with E-state index in [-0.39, 0.29) is 0 Å². The first-order valence-electron chi connectivity index (χ1n) is 6.19. The van der Waals surface area contributed by atoms with Gasteiger partial charge in [0.15, 0.2) is 0 Å². The maximum Gasteiger partial charge on any atom is 0.134 e. The first-order valence-corrected chi connectivity index (χ1v) is 8.09. The third-order valence-corrected chi connectivity index (χ3v) is 5.94. The van der Waals surface area contributed by atoms with Crippen LogP contribution in [0.15, 0.2) is 27.6 Å². The van der Waals surface area contributed by atoms with Crippen molar-refractivity contribution < 1.29 is 13.7 Å². The Morgan fingerprint density at radius 2 is 2.00 bits per heavy atom. The molecule has 1 aliphatic heterocycles. The zero-order valence-electron chi connectivity index (χ0n) is 11.1. The average molecular weight is 348 g/mol. The molecule has 0 radical (unpaired) electrons. The van der Waals surface area contributed by atoms with Gasteiger partial charge >= 0.3 is 0 Å². The summed E-state index contributed by atoms with van der Waals surface area (Å²) in [6.07, 6.45) is 2.13. The van der Waals surface area contributed by atoms with Crippen LogP contribution in [0.3, 0.4) is 0 Å². The predicted octanol–water partition coefficient (Wildman–Crippen LogP) is 2.59. The number of methoxy groups -OCH3 is 2. The summed E-state index contributed by atoms with van der Waals surface area (Å²) >= 11 is 3.46. The zero-order valence-corrected chi connectivity index (χ0v) is 13.5. The topological polar surface area (TPSA) is 38.8 Å². The fourth-order valence-corrected chi connectivity index (χ4v) is 4.27. The third-order valence-electron chi connectivity index (χ3n) is 3.30. The Balaban J connectivity index is 2.12. The summed E-state index contributed by atoms with van der Waals surface area (Å²) in [5.74, 6) is 0.706. The Bertz CT molecular complexity index is 461. The van der Waals surface area contributed by atoms with Gasteiger partial charge in [-0.05, 0) is 40.9 Å². The number of halogens is 1. The second-order valence-corrected chi connectivity index (χ2v) is 6.63. The van der Waals surface area contributed by atoms with Crippen molar-refractivity contribution in [2.75, 3.05) is 27.3 Å². The van der Waals surface area contributed by atoms with Crippen LogP contribution in [0.2, 0.25) is 0 Å². The van der Waals surface area contributed by atoms with Crippen LogP contribution >= 0.6 is 15.9 Å². The van der Waals surface area contributed by atoms with E-state index >= 15 is 0 Å². The quantitative estimate of drug-likeness (QED) is 0.840. The van der Waals surface area contributed by atoms with Crippen LogP contribution in [-0.4, -0.2) is 41.9 Å². The lowest BCUT2D eigenvalue weighted by Gasteiger charge is -2.30. The summed E-state index contributed by atoms with van der Waals surface area (Å²) < 4.78 is 25.9. The Hall–Kier alpha value is -0.430. The van der Waals surface area contributed by atoms with Gasteiger partial charge in [0.2, 0.25) is 0 Å². The number of nitrogens with zero attached hydrogens (tertiary/aromatic N) is 1. The minimum atomic E-state index is -1.16. The maximum absolute atomic E-state index is 12.6. The van der Waals surface area contributed by atoms with E-state index in [0.717, 1.165) is 35.3 Å². The van der Waals surface area contributed by atoms with Crippen LogP contribution in [0.5, 0.6) is 5.75 Å². The molecule has 0 amide bonds.